The zero-order valence-electron chi connectivity index (χ0n) is 11.5. The lowest BCUT2D eigenvalue weighted by atomic mass is 9.93. The zero-order valence-corrected chi connectivity index (χ0v) is 11.5. The Morgan fingerprint density at radius 2 is 1.60 bits per heavy atom. The van der Waals surface area contributed by atoms with Crippen molar-refractivity contribution in [1.29, 1.82) is 0 Å². The molecule has 0 aromatic carbocycles. The molecule has 0 aliphatic rings. The first-order valence-electron chi connectivity index (χ1n) is 6.79. The first-order valence-corrected chi connectivity index (χ1v) is 6.79. The number of allylic oxidation sites excluding steroid dienone is 2. The summed E-state index contributed by atoms with van der Waals surface area (Å²) in [6, 6.07) is 0. The third-order valence-electron chi connectivity index (χ3n) is 2.95. The van der Waals surface area contributed by atoms with Gasteiger partial charge in [-0.3, -0.25) is 0 Å². The van der Waals surface area contributed by atoms with E-state index < -0.39 is 0 Å². The average Bonchev–Trinajstić information content (AvgIpc) is 2.15. The Morgan fingerprint density at radius 3 is 2.07 bits per heavy atom. The molecule has 0 fully saturated rings. The van der Waals surface area contributed by atoms with E-state index in [1.54, 1.807) is 11.1 Å². The maximum Gasteiger partial charge on any atom is -0.0297 e. The van der Waals surface area contributed by atoms with E-state index in [4.69, 9.17) is 0 Å². The molecule has 0 radical (unpaired) electrons. The Morgan fingerprint density at radius 1 is 0.933 bits per heavy atom. The van der Waals surface area contributed by atoms with Crippen LogP contribution in [-0.2, 0) is 0 Å². The molecular formula is C15H30. The molecule has 0 bridgehead atoms. The summed E-state index contributed by atoms with van der Waals surface area (Å²) in [5.41, 5.74) is 3.42. The normalized spacial score (nSPS) is 13.2. The molecule has 0 heteroatoms. The SMILES string of the molecule is CCCCCC(CCC)=C(C)CC(C)C. The van der Waals surface area contributed by atoms with Crippen molar-refractivity contribution in [2.24, 2.45) is 5.92 Å². The lowest BCUT2D eigenvalue weighted by Gasteiger charge is -2.13. The van der Waals surface area contributed by atoms with Gasteiger partial charge >= 0.3 is 0 Å². The minimum atomic E-state index is 0.808. The molecule has 0 aromatic heterocycles. The Hall–Kier alpha value is -0.260. The lowest BCUT2D eigenvalue weighted by Crippen LogP contribution is -1.95. The fraction of sp³-hybridized carbons (Fsp3) is 0.867. The highest BCUT2D eigenvalue weighted by molar-refractivity contribution is 5.12. The van der Waals surface area contributed by atoms with Gasteiger partial charge in [-0.15, -0.1) is 0 Å². The maximum atomic E-state index is 2.34. The van der Waals surface area contributed by atoms with E-state index in [0.717, 1.165) is 5.92 Å². The molecule has 0 aliphatic carbocycles. The van der Waals surface area contributed by atoms with E-state index in [2.05, 4.69) is 34.6 Å². The van der Waals surface area contributed by atoms with Crippen LogP contribution in [0.3, 0.4) is 0 Å². The summed E-state index contributed by atoms with van der Waals surface area (Å²) in [5.74, 6) is 0.808. The molecule has 0 nitrogen and oxygen atoms in total. The third-order valence-corrected chi connectivity index (χ3v) is 2.95. The van der Waals surface area contributed by atoms with Crippen molar-refractivity contribution in [1.82, 2.24) is 0 Å². The highest BCUT2D eigenvalue weighted by atomic mass is 14.1. The molecular weight excluding hydrogens is 180 g/mol. The predicted molar refractivity (Wildman–Crippen MR) is 71.2 cm³/mol. The van der Waals surface area contributed by atoms with Gasteiger partial charge in [0, 0.05) is 0 Å². The third kappa shape index (κ3) is 7.64. The fourth-order valence-electron chi connectivity index (χ4n) is 2.20. The fourth-order valence-corrected chi connectivity index (χ4v) is 2.20. The van der Waals surface area contributed by atoms with Gasteiger partial charge in [0.05, 0.1) is 0 Å². The molecule has 0 N–H and O–H groups in total. The Balaban J connectivity index is 4.19. The number of rotatable bonds is 8. The average molecular weight is 210 g/mol. The molecule has 0 rings (SSSR count). The van der Waals surface area contributed by atoms with E-state index >= 15 is 0 Å². The molecule has 0 unspecified atom stereocenters. The summed E-state index contributed by atoms with van der Waals surface area (Å²) in [6.45, 7) is 11.6. The van der Waals surface area contributed by atoms with Gasteiger partial charge in [-0.05, 0) is 38.5 Å². The number of hydrogen-bond acceptors (Lipinski definition) is 0. The van der Waals surface area contributed by atoms with E-state index in [-0.39, 0.29) is 0 Å². The first kappa shape index (κ1) is 14.7. The molecule has 15 heavy (non-hydrogen) atoms. The van der Waals surface area contributed by atoms with Gasteiger partial charge in [-0.1, -0.05) is 58.1 Å². The molecule has 0 aromatic rings. The van der Waals surface area contributed by atoms with Crippen LogP contribution < -0.4 is 0 Å². The second-order valence-electron chi connectivity index (χ2n) is 5.19. The number of unbranched alkanes of at least 4 members (excludes halogenated alkanes) is 2. The van der Waals surface area contributed by atoms with Gasteiger partial charge in [0.15, 0.2) is 0 Å². The van der Waals surface area contributed by atoms with E-state index in [1.807, 2.05) is 0 Å². The summed E-state index contributed by atoms with van der Waals surface area (Å²) < 4.78 is 0. The quantitative estimate of drug-likeness (QED) is 0.354. The Bertz CT molecular complexity index is 174. The van der Waals surface area contributed by atoms with Crippen LogP contribution in [-0.4, -0.2) is 0 Å². The molecule has 0 saturated carbocycles. The summed E-state index contributed by atoms with van der Waals surface area (Å²) in [6.07, 6.45) is 9.38. The van der Waals surface area contributed by atoms with Gasteiger partial charge in [-0.2, -0.15) is 0 Å². The van der Waals surface area contributed by atoms with E-state index in [0.29, 0.717) is 0 Å². The van der Waals surface area contributed by atoms with Crippen LogP contribution in [0.2, 0.25) is 0 Å². The van der Waals surface area contributed by atoms with Crippen molar-refractivity contribution in [3.05, 3.63) is 11.1 Å². The Kier molecular flexibility index (Phi) is 8.85. The largest absolute Gasteiger partial charge is 0.0739 e. The second kappa shape index (κ2) is 9.00. The Labute approximate surface area is 97.2 Å². The number of hydrogen-bond donors (Lipinski definition) is 0. The van der Waals surface area contributed by atoms with Crippen molar-refractivity contribution in [2.45, 2.75) is 79.6 Å². The molecule has 0 spiro atoms. The van der Waals surface area contributed by atoms with Crippen LogP contribution in [0.1, 0.15) is 79.6 Å². The molecule has 0 heterocycles. The lowest BCUT2D eigenvalue weighted by molar-refractivity contribution is 0.621. The summed E-state index contributed by atoms with van der Waals surface area (Å²) in [4.78, 5) is 0. The van der Waals surface area contributed by atoms with E-state index in [1.165, 1.54) is 44.9 Å². The van der Waals surface area contributed by atoms with Crippen LogP contribution in [0.25, 0.3) is 0 Å². The van der Waals surface area contributed by atoms with Crippen molar-refractivity contribution in [3.8, 4) is 0 Å². The van der Waals surface area contributed by atoms with Crippen LogP contribution in [0, 0.1) is 5.92 Å². The smallest absolute Gasteiger partial charge is 0.0297 e. The predicted octanol–water partition coefficient (Wildman–Crippen LogP) is 5.73. The monoisotopic (exact) mass is 210 g/mol. The van der Waals surface area contributed by atoms with Crippen molar-refractivity contribution < 1.29 is 0 Å². The minimum absolute atomic E-state index is 0.808. The molecule has 0 aliphatic heterocycles. The highest BCUT2D eigenvalue weighted by Crippen LogP contribution is 2.23. The molecule has 0 saturated heterocycles. The standard InChI is InChI=1S/C15H30/c1-6-8-9-11-15(10-7-2)14(5)12-13(3)4/h13H,6-12H2,1-5H3. The van der Waals surface area contributed by atoms with Gasteiger partial charge < -0.3 is 0 Å². The molecule has 0 amide bonds. The van der Waals surface area contributed by atoms with Crippen molar-refractivity contribution in [3.63, 3.8) is 0 Å². The minimum Gasteiger partial charge on any atom is -0.0739 e. The summed E-state index contributed by atoms with van der Waals surface area (Å²) >= 11 is 0. The molecule has 90 valence electrons. The van der Waals surface area contributed by atoms with E-state index in [9.17, 15) is 0 Å². The maximum absolute atomic E-state index is 2.34. The second-order valence-corrected chi connectivity index (χ2v) is 5.19. The first-order chi connectivity index (χ1) is 7.11. The van der Waals surface area contributed by atoms with Gasteiger partial charge in [0.2, 0.25) is 0 Å². The summed E-state index contributed by atoms with van der Waals surface area (Å²) in [7, 11) is 0. The highest BCUT2D eigenvalue weighted by Gasteiger charge is 2.04. The van der Waals surface area contributed by atoms with Crippen LogP contribution >= 0.6 is 0 Å². The van der Waals surface area contributed by atoms with Crippen LogP contribution in [0.4, 0.5) is 0 Å². The zero-order chi connectivity index (χ0) is 11.7. The van der Waals surface area contributed by atoms with Gasteiger partial charge in [0.25, 0.3) is 0 Å². The van der Waals surface area contributed by atoms with Crippen LogP contribution in [0.5, 0.6) is 0 Å². The topological polar surface area (TPSA) is 0 Å². The summed E-state index contributed by atoms with van der Waals surface area (Å²) in [5, 5.41) is 0. The van der Waals surface area contributed by atoms with Crippen molar-refractivity contribution >= 4 is 0 Å². The van der Waals surface area contributed by atoms with Gasteiger partial charge in [-0.25, -0.2) is 0 Å². The van der Waals surface area contributed by atoms with Crippen LogP contribution in [0.15, 0.2) is 11.1 Å². The molecule has 0 atom stereocenters. The van der Waals surface area contributed by atoms with Crippen molar-refractivity contribution in [2.75, 3.05) is 0 Å². The van der Waals surface area contributed by atoms with Gasteiger partial charge in [0.1, 0.15) is 0 Å².